The number of ether oxygens (including phenoxy) is 1. The van der Waals surface area contributed by atoms with E-state index in [9.17, 15) is 18.0 Å². The van der Waals surface area contributed by atoms with Crippen LogP contribution in [0.5, 0.6) is 5.75 Å². The van der Waals surface area contributed by atoms with Crippen LogP contribution in [0.15, 0.2) is 58.2 Å². The Morgan fingerprint density at radius 2 is 1.70 bits per heavy atom. The van der Waals surface area contributed by atoms with Crippen LogP contribution in [0.1, 0.15) is 44.2 Å². The number of carbonyl (C=O) groups excluding carboxylic acids is 1. The van der Waals surface area contributed by atoms with Crippen LogP contribution in [0.25, 0.3) is 5.69 Å². The van der Waals surface area contributed by atoms with Crippen LogP contribution in [0.4, 0.5) is 0 Å². The van der Waals surface area contributed by atoms with Gasteiger partial charge in [0.05, 0.1) is 20.6 Å². The highest BCUT2D eigenvalue weighted by molar-refractivity contribution is 7.90. The molecule has 40 heavy (non-hydrogen) atoms. The van der Waals surface area contributed by atoms with Gasteiger partial charge in [-0.3, -0.25) is 14.7 Å². The first-order valence-corrected chi connectivity index (χ1v) is 15.6. The summed E-state index contributed by atoms with van der Waals surface area (Å²) in [5.74, 6) is -0.127. The Hall–Kier alpha value is -2.79. The molecule has 2 fully saturated rings. The highest BCUT2D eigenvalue weighted by Gasteiger charge is 2.33. The van der Waals surface area contributed by atoms with Gasteiger partial charge in [0, 0.05) is 42.9 Å². The first kappa shape index (κ1) is 28.7. The molecule has 2 heterocycles. The second-order valence-electron chi connectivity index (χ2n) is 10.5. The van der Waals surface area contributed by atoms with E-state index in [4.69, 9.17) is 27.9 Å². The number of nitrogens with zero attached hydrogens (tertiary/aromatic N) is 2. The second kappa shape index (κ2) is 12.0. The highest BCUT2D eigenvalue weighted by atomic mass is 35.5. The van der Waals surface area contributed by atoms with Crippen LogP contribution in [0.2, 0.25) is 10.0 Å². The Morgan fingerprint density at radius 3 is 2.35 bits per heavy atom. The fourth-order valence-electron chi connectivity index (χ4n) is 5.57. The van der Waals surface area contributed by atoms with Gasteiger partial charge in [-0.15, -0.1) is 0 Å². The SMILES string of the molecule is Cc1cc(=O)n(-c2cccc(S(=O)(=O)NC(=O)C3CCC(N4CCC(Oc5ccc(Cl)c(Cl)c5)CC4)CC3)c2)[nH]1. The van der Waals surface area contributed by atoms with Crippen LogP contribution in [-0.4, -0.2) is 54.2 Å². The predicted octanol–water partition coefficient (Wildman–Crippen LogP) is 4.69. The van der Waals surface area contributed by atoms with Crippen molar-refractivity contribution in [3.05, 3.63) is 74.6 Å². The number of piperidine rings is 1. The fourth-order valence-corrected chi connectivity index (χ4v) is 6.95. The van der Waals surface area contributed by atoms with Crippen LogP contribution in [0, 0.1) is 12.8 Å². The lowest BCUT2D eigenvalue weighted by Crippen LogP contribution is -2.46. The van der Waals surface area contributed by atoms with Gasteiger partial charge in [0.1, 0.15) is 11.9 Å². The number of H-pyrrole nitrogens is 1. The van der Waals surface area contributed by atoms with Crippen molar-refractivity contribution in [3.8, 4) is 11.4 Å². The van der Waals surface area contributed by atoms with E-state index in [1.165, 1.54) is 22.9 Å². The summed E-state index contributed by atoms with van der Waals surface area (Å²) in [6.07, 6.45) is 4.82. The molecule has 1 saturated heterocycles. The minimum atomic E-state index is -4.09. The zero-order valence-electron chi connectivity index (χ0n) is 22.1. The van der Waals surface area contributed by atoms with Gasteiger partial charge in [-0.25, -0.2) is 17.8 Å². The molecular weight excluding hydrogens is 575 g/mol. The number of carbonyl (C=O) groups is 1. The maximum atomic E-state index is 13.0. The number of amides is 1. The first-order chi connectivity index (χ1) is 19.1. The number of halogens is 2. The average Bonchev–Trinajstić information content (AvgIpc) is 3.28. The Balaban J connectivity index is 1.11. The average molecular weight is 608 g/mol. The summed E-state index contributed by atoms with van der Waals surface area (Å²) in [7, 11) is -4.09. The van der Waals surface area contributed by atoms with Gasteiger partial charge < -0.3 is 9.64 Å². The third kappa shape index (κ3) is 6.57. The van der Waals surface area contributed by atoms with E-state index in [1.807, 2.05) is 6.07 Å². The largest absolute Gasteiger partial charge is 0.490 e. The zero-order chi connectivity index (χ0) is 28.4. The summed E-state index contributed by atoms with van der Waals surface area (Å²) >= 11 is 12.1. The third-order valence-corrected chi connectivity index (χ3v) is 9.81. The quantitative estimate of drug-likeness (QED) is 0.403. The Morgan fingerprint density at radius 1 is 0.975 bits per heavy atom. The van der Waals surface area contributed by atoms with Crippen molar-refractivity contribution in [1.82, 2.24) is 19.4 Å². The molecule has 0 spiro atoms. The van der Waals surface area contributed by atoms with Gasteiger partial charge in [-0.05, 0) is 75.8 Å². The van der Waals surface area contributed by atoms with E-state index < -0.39 is 15.9 Å². The second-order valence-corrected chi connectivity index (χ2v) is 13.0. The molecule has 2 N–H and O–H groups in total. The standard InChI is InChI=1S/C28H32Cl2N4O5S/c1-18-15-27(35)34(31-18)21-3-2-4-24(16-21)40(37,38)32-28(36)19-5-7-20(8-6-19)33-13-11-22(12-14-33)39-23-9-10-25(29)26(30)17-23/h2-4,9-10,15-17,19-20,22,31H,5-8,11-14H2,1H3,(H,32,36). The molecule has 9 nitrogen and oxygen atoms in total. The summed E-state index contributed by atoms with van der Waals surface area (Å²) in [5.41, 5.74) is 0.735. The number of aryl methyl sites for hydroxylation is 1. The Bertz CT molecular complexity index is 1540. The lowest BCUT2D eigenvalue weighted by atomic mass is 9.84. The van der Waals surface area contributed by atoms with Gasteiger partial charge in [-0.2, -0.15) is 0 Å². The number of hydrogen-bond acceptors (Lipinski definition) is 6. The van der Waals surface area contributed by atoms with Crippen molar-refractivity contribution in [1.29, 1.82) is 0 Å². The molecule has 3 aromatic rings. The maximum Gasteiger partial charge on any atom is 0.271 e. The Kier molecular flexibility index (Phi) is 8.61. The summed E-state index contributed by atoms with van der Waals surface area (Å²) < 4.78 is 35.6. The molecule has 1 aliphatic carbocycles. The third-order valence-electron chi connectivity index (χ3n) is 7.72. The van der Waals surface area contributed by atoms with E-state index in [0.29, 0.717) is 46.1 Å². The van der Waals surface area contributed by atoms with Crippen LogP contribution < -0.4 is 15.0 Å². The molecule has 0 bridgehead atoms. The van der Waals surface area contributed by atoms with Crippen molar-refractivity contribution in [2.75, 3.05) is 13.1 Å². The van der Waals surface area contributed by atoms with E-state index in [0.717, 1.165) is 38.8 Å². The lowest BCUT2D eigenvalue weighted by molar-refractivity contribution is -0.124. The summed E-state index contributed by atoms with van der Waals surface area (Å²) in [6.45, 7) is 3.55. The van der Waals surface area contributed by atoms with E-state index in [2.05, 4.69) is 14.7 Å². The van der Waals surface area contributed by atoms with Gasteiger partial charge in [0.25, 0.3) is 15.6 Å². The molecule has 1 saturated carbocycles. The minimum Gasteiger partial charge on any atom is -0.490 e. The van der Waals surface area contributed by atoms with Gasteiger partial charge in [0.2, 0.25) is 5.91 Å². The van der Waals surface area contributed by atoms with Crippen molar-refractivity contribution in [2.24, 2.45) is 5.92 Å². The first-order valence-electron chi connectivity index (χ1n) is 13.4. The van der Waals surface area contributed by atoms with Gasteiger partial charge in [0.15, 0.2) is 0 Å². The van der Waals surface area contributed by atoms with E-state index in [1.54, 1.807) is 31.2 Å². The molecule has 5 rings (SSSR count). The van der Waals surface area contributed by atoms with Crippen LogP contribution in [-0.2, 0) is 14.8 Å². The normalized spacial score (nSPS) is 20.8. The molecule has 0 atom stereocenters. The fraction of sp³-hybridized carbons (Fsp3) is 0.429. The van der Waals surface area contributed by atoms with Crippen molar-refractivity contribution in [3.63, 3.8) is 0 Å². The number of hydrogen-bond donors (Lipinski definition) is 2. The molecule has 12 heteroatoms. The molecule has 0 unspecified atom stereocenters. The molecule has 2 aliphatic rings. The van der Waals surface area contributed by atoms with E-state index >= 15 is 0 Å². The number of nitrogens with one attached hydrogen (secondary N) is 2. The summed E-state index contributed by atoms with van der Waals surface area (Å²) in [5, 5.41) is 3.86. The molecule has 214 valence electrons. The number of aromatic amines is 1. The smallest absolute Gasteiger partial charge is 0.271 e. The van der Waals surface area contributed by atoms with Gasteiger partial charge >= 0.3 is 0 Å². The minimum absolute atomic E-state index is 0.0721. The molecule has 1 amide bonds. The van der Waals surface area contributed by atoms with E-state index in [-0.39, 0.29) is 22.5 Å². The molecular formula is C28H32Cl2N4O5S. The number of benzene rings is 2. The highest BCUT2D eigenvalue weighted by Crippen LogP contribution is 2.32. The van der Waals surface area contributed by atoms with Crippen LogP contribution in [0.3, 0.4) is 0 Å². The Labute approximate surface area is 243 Å². The molecule has 1 aliphatic heterocycles. The number of likely N-dealkylation sites (tertiary alicyclic amines) is 1. The molecule has 1 aromatic heterocycles. The number of rotatable bonds is 7. The maximum absolute atomic E-state index is 13.0. The number of sulfonamides is 1. The number of aromatic nitrogens is 2. The van der Waals surface area contributed by atoms with Gasteiger partial charge in [-0.1, -0.05) is 29.3 Å². The van der Waals surface area contributed by atoms with Crippen molar-refractivity contribution >= 4 is 39.1 Å². The topological polar surface area (TPSA) is 114 Å². The summed E-state index contributed by atoms with van der Waals surface area (Å²) in [6, 6.07) is 13.0. The monoisotopic (exact) mass is 606 g/mol. The molecule has 0 radical (unpaired) electrons. The van der Waals surface area contributed by atoms with Crippen LogP contribution >= 0.6 is 23.2 Å². The predicted molar refractivity (Wildman–Crippen MR) is 154 cm³/mol. The van der Waals surface area contributed by atoms with Crippen molar-refractivity contribution < 1.29 is 17.9 Å². The lowest BCUT2D eigenvalue weighted by Gasteiger charge is -2.40. The zero-order valence-corrected chi connectivity index (χ0v) is 24.4. The molecule has 2 aromatic carbocycles. The summed E-state index contributed by atoms with van der Waals surface area (Å²) in [4.78, 5) is 27.5. The van der Waals surface area contributed by atoms with Crippen molar-refractivity contribution in [2.45, 2.75) is 62.5 Å².